The first-order valence-corrected chi connectivity index (χ1v) is 6.76. The van der Waals surface area contributed by atoms with Crippen LogP contribution in [0, 0.1) is 5.92 Å². The van der Waals surface area contributed by atoms with Crippen LogP contribution in [0.1, 0.15) is 34.6 Å². The number of allylic oxidation sites excluding steroid dienone is 1. The number of carbonyl (C=O) groups excluding carboxylic acids is 1. The van der Waals surface area contributed by atoms with E-state index in [1.165, 1.54) is 0 Å². The van der Waals surface area contributed by atoms with E-state index in [0.717, 1.165) is 5.57 Å². The molecular weight excluding hydrogens is 296 g/mol. The van der Waals surface area contributed by atoms with Gasteiger partial charge in [-0.25, -0.2) is 4.79 Å². The summed E-state index contributed by atoms with van der Waals surface area (Å²) in [7, 11) is 0. The second kappa shape index (κ2) is 4.46. The molecule has 0 radical (unpaired) electrons. The first kappa shape index (κ1) is 15.9. The van der Waals surface area contributed by atoms with E-state index in [1.807, 2.05) is 13.8 Å². The van der Waals surface area contributed by atoms with Crippen molar-refractivity contribution in [3.63, 3.8) is 0 Å². The number of hydrogen-bond donors (Lipinski definition) is 1. The van der Waals surface area contributed by atoms with Crippen molar-refractivity contribution in [1.29, 1.82) is 0 Å². The third-order valence-electron chi connectivity index (χ3n) is 4.30. The summed E-state index contributed by atoms with van der Waals surface area (Å²) in [5.74, 6) is -0.00924. The van der Waals surface area contributed by atoms with Crippen LogP contribution < -0.4 is 5.73 Å². The Bertz CT molecular complexity index is 418. The maximum Gasteiger partial charge on any atom is 0.406 e. The molecule has 0 aromatic carbocycles. The van der Waals surface area contributed by atoms with Crippen LogP contribution in [0.25, 0.3) is 0 Å². The molecule has 1 aliphatic rings. The summed E-state index contributed by atoms with van der Waals surface area (Å²) in [6.07, 6.45) is -0.981. The fourth-order valence-electron chi connectivity index (χ4n) is 2.37. The predicted molar refractivity (Wildman–Crippen MR) is 75.3 cm³/mol. The second-order valence-electron chi connectivity index (χ2n) is 5.12. The summed E-state index contributed by atoms with van der Waals surface area (Å²) >= 11 is 19.6. The summed E-state index contributed by atoms with van der Waals surface area (Å²) in [6.45, 7) is 9.07. The largest absolute Gasteiger partial charge is 0.421 e. The number of halogens is 3. The van der Waals surface area contributed by atoms with Crippen molar-refractivity contribution in [2.75, 3.05) is 0 Å². The molecule has 18 heavy (non-hydrogen) atoms. The standard InChI is InChI=1S/C12H18Cl3NO2/c1-6-7(2)10(4,13)11(5,14)12(15,8(6)3)18-9(16)17/h7H,1-5H3,(H2,16,17). The highest BCUT2D eigenvalue weighted by atomic mass is 35.5. The first-order chi connectivity index (χ1) is 7.89. The minimum absolute atomic E-state index is 0.00924. The number of primary amides is 1. The smallest absolute Gasteiger partial charge is 0.406 e. The van der Waals surface area contributed by atoms with Gasteiger partial charge in [0.05, 0.1) is 4.87 Å². The van der Waals surface area contributed by atoms with E-state index >= 15 is 0 Å². The Hall–Kier alpha value is -0.120. The van der Waals surface area contributed by atoms with Crippen molar-refractivity contribution in [1.82, 2.24) is 0 Å². The molecule has 104 valence electrons. The molecule has 0 saturated carbocycles. The van der Waals surface area contributed by atoms with Crippen LogP contribution in [-0.4, -0.2) is 20.9 Å². The fraction of sp³-hybridized carbons (Fsp3) is 0.750. The second-order valence-corrected chi connectivity index (χ2v) is 7.20. The topological polar surface area (TPSA) is 52.3 Å². The summed E-state index contributed by atoms with van der Waals surface area (Å²) < 4.78 is 5.09. The van der Waals surface area contributed by atoms with Gasteiger partial charge in [0.15, 0.2) is 0 Å². The predicted octanol–water partition coefficient (Wildman–Crippen LogP) is 4.00. The molecule has 4 unspecified atom stereocenters. The molecule has 1 amide bonds. The van der Waals surface area contributed by atoms with Crippen molar-refractivity contribution in [2.24, 2.45) is 11.7 Å². The van der Waals surface area contributed by atoms with Gasteiger partial charge in [-0.2, -0.15) is 0 Å². The zero-order valence-corrected chi connectivity index (χ0v) is 13.4. The van der Waals surface area contributed by atoms with Gasteiger partial charge in [-0.05, 0) is 39.2 Å². The number of amides is 1. The lowest BCUT2D eigenvalue weighted by Crippen LogP contribution is -2.64. The fourth-order valence-corrected chi connectivity index (χ4v) is 3.48. The van der Waals surface area contributed by atoms with Gasteiger partial charge < -0.3 is 10.5 Å². The zero-order valence-electron chi connectivity index (χ0n) is 11.1. The zero-order chi connectivity index (χ0) is 14.5. The average Bonchev–Trinajstić information content (AvgIpc) is 2.22. The van der Waals surface area contributed by atoms with E-state index < -0.39 is 20.9 Å². The Morgan fingerprint density at radius 1 is 1.28 bits per heavy atom. The Labute approximate surface area is 123 Å². The van der Waals surface area contributed by atoms with Gasteiger partial charge in [0.25, 0.3) is 0 Å². The number of rotatable bonds is 1. The summed E-state index contributed by atoms with van der Waals surface area (Å²) in [5.41, 5.74) is 6.71. The molecule has 0 spiro atoms. The van der Waals surface area contributed by atoms with Gasteiger partial charge in [-0.15, -0.1) is 23.2 Å². The maximum absolute atomic E-state index is 11.1. The van der Waals surface area contributed by atoms with Crippen molar-refractivity contribution < 1.29 is 9.53 Å². The Balaban J connectivity index is 3.53. The molecule has 1 rings (SSSR count). The molecule has 0 aromatic rings. The van der Waals surface area contributed by atoms with Crippen LogP contribution in [-0.2, 0) is 4.74 Å². The van der Waals surface area contributed by atoms with E-state index in [2.05, 4.69) is 0 Å². The Kier molecular flexibility index (Phi) is 3.95. The lowest BCUT2D eigenvalue weighted by Gasteiger charge is -2.54. The van der Waals surface area contributed by atoms with Gasteiger partial charge in [0.1, 0.15) is 4.87 Å². The molecule has 0 aliphatic heterocycles. The number of carbonyl (C=O) groups is 1. The minimum atomic E-state index is -1.55. The van der Waals surface area contributed by atoms with Crippen molar-refractivity contribution in [3.8, 4) is 0 Å². The quantitative estimate of drug-likeness (QED) is 0.587. The Morgan fingerprint density at radius 3 is 2.11 bits per heavy atom. The summed E-state index contributed by atoms with van der Waals surface area (Å²) in [5, 5.41) is -1.55. The van der Waals surface area contributed by atoms with Crippen molar-refractivity contribution >= 4 is 40.9 Å². The van der Waals surface area contributed by atoms with Gasteiger partial charge >= 0.3 is 6.09 Å². The molecule has 2 N–H and O–H groups in total. The molecule has 1 aliphatic carbocycles. The van der Waals surface area contributed by atoms with Crippen LogP contribution in [0.5, 0.6) is 0 Å². The van der Waals surface area contributed by atoms with Crippen LogP contribution >= 0.6 is 34.8 Å². The summed E-state index contributed by atoms with van der Waals surface area (Å²) in [6, 6.07) is 0. The molecule has 4 atom stereocenters. The van der Waals surface area contributed by atoms with E-state index in [-0.39, 0.29) is 5.92 Å². The van der Waals surface area contributed by atoms with Crippen molar-refractivity contribution in [2.45, 2.75) is 49.4 Å². The monoisotopic (exact) mass is 313 g/mol. The van der Waals surface area contributed by atoms with Crippen LogP contribution in [0.15, 0.2) is 11.1 Å². The van der Waals surface area contributed by atoms with Gasteiger partial charge in [-0.3, -0.25) is 0 Å². The molecule has 3 nitrogen and oxygen atoms in total. The molecule has 0 saturated heterocycles. The molecule has 0 aromatic heterocycles. The van der Waals surface area contributed by atoms with Crippen molar-refractivity contribution in [3.05, 3.63) is 11.1 Å². The first-order valence-electron chi connectivity index (χ1n) is 5.62. The van der Waals surface area contributed by atoms with E-state index in [1.54, 1.807) is 20.8 Å². The minimum Gasteiger partial charge on any atom is -0.421 e. The molecular formula is C12H18Cl3NO2. The Morgan fingerprint density at radius 2 is 1.72 bits per heavy atom. The van der Waals surface area contributed by atoms with E-state index in [4.69, 9.17) is 45.3 Å². The molecule has 6 heteroatoms. The lowest BCUT2D eigenvalue weighted by atomic mass is 9.68. The number of nitrogens with two attached hydrogens (primary N) is 1. The molecule has 0 bridgehead atoms. The number of hydrogen-bond acceptors (Lipinski definition) is 2. The van der Waals surface area contributed by atoms with E-state index in [9.17, 15) is 4.79 Å². The normalized spacial score (nSPS) is 45.0. The third kappa shape index (κ3) is 1.91. The van der Waals surface area contributed by atoms with Gasteiger partial charge in [0.2, 0.25) is 5.06 Å². The number of alkyl halides is 3. The summed E-state index contributed by atoms with van der Waals surface area (Å²) in [4.78, 5) is 9.02. The number of ether oxygens (including phenoxy) is 1. The maximum atomic E-state index is 11.1. The highest BCUT2D eigenvalue weighted by Crippen LogP contribution is 2.59. The van der Waals surface area contributed by atoms with Crippen LogP contribution in [0.4, 0.5) is 4.79 Å². The third-order valence-corrected chi connectivity index (χ3v) is 6.60. The average molecular weight is 315 g/mol. The van der Waals surface area contributed by atoms with Gasteiger partial charge in [0, 0.05) is 0 Å². The highest BCUT2D eigenvalue weighted by Gasteiger charge is 2.65. The molecule has 0 heterocycles. The van der Waals surface area contributed by atoms with E-state index in [0.29, 0.717) is 5.57 Å². The van der Waals surface area contributed by atoms with Crippen LogP contribution in [0.2, 0.25) is 0 Å². The highest BCUT2D eigenvalue weighted by molar-refractivity contribution is 6.41. The molecule has 0 fully saturated rings. The SMILES string of the molecule is CC1=C(C)C(Cl)(OC(N)=O)C(C)(Cl)C(C)(Cl)C1C. The van der Waals surface area contributed by atoms with Gasteiger partial charge in [-0.1, -0.05) is 24.1 Å². The lowest BCUT2D eigenvalue weighted by molar-refractivity contribution is 0.0499. The van der Waals surface area contributed by atoms with Crippen LogP contribution in [0.3, 0.4) is 0 Å².